The summed E-state index contributed by atoms with van der Waals surface area (Å²) in [6, 6.07) is 0. The molecule has 0 fully saturated rings. The Balaban J connectivity index is 3.39. The molecule has 72 valence electrons. The standard InChI is InChI=1S/C7H7F3N2O/c8-5-3(1-11)2-12-7(13)4(5)6(9)10/h2,6H,1,11H2,(H,12,13). The number of aromatic amines is 1. The molecule has 1 aromatic rings. The second-order valence-electron chi connectivity index (χ2n) is 2.38. The smallest absolute Gasteiger partial charge is 0.272 e. The molecule has 0 radical (unpaired) electrons. The van der Waals surface area contributed by atoms with E-state index in [9.17, 15) is 18.0 Å². The van der Waals surface area contributed by atoms with Gasteiger partial charge >= 0.3 is 0 Å². The summed E-state index contributed by atoms with van der Waals surface area (Å²) in [5.74, 6) is -1.22. The van der Waals surface area contributed by atoms with Crippen molar-refractivity contribution in [1.82, 2.24) is 4.98 Å². The third kappa shape index (κ3) is 1.72. The van der Waals surface area contributed by atoms with Crippen LogP contribution in [0.1, 0.15) is 17.6 Å². The minimum absolute atomic E-state index is 0.130. The molecule has 1 heterocycles. The van der Waals surface area contributed by atoms with Crippen LogP contribution >= 0.6 is 0 Å². The molecule has 6 heteroatoms. The maximum absolute atomic E-state index is 13.0. The van der Waals surface area contributed by atoms with Gasteiger partial charge in [0.1, 0.15) is 11.4 Å². The van der Waals surface area contributed by atoms with Crippen LogP contribution in [0.15, 0.2) is 11.0 Å². The minimum atomic E-state index is -3.13. The number of hydrogen-bond donors (Lipinski definition) is 2. The van der Waals surface area contributed by atoms with Crippen molar-refractivity contribution in [2.24, 2.45) is 5.73 Å². The summed E-state index contributed by atoms with van der Waals surface area (Å²) in [6.45, 7) is -0.234. The predicted molar refractivity (Wildman–Crippen MR) is 39.9 cm³/mol. The van der Waals surface area contributed by atoms with E-state index in [2.05, 4.69) is 0 Å². The normalized spacial score (nSPS) is 10.8. The first kappa shape index (κ1) is 9.79. The summed E-state index contributed by atoms with van der Waals surface area (Å²) in [4.78, 5) is 12.7. The van der Waals surface area contributed by atoms with E-state index >= 15 is 0 Å². The van der Waals surface area contributed by atoms with E-state index in [0.29, 0.717) is 0 Å². The van der Waals surface area contributed by atoms with E-state index in [1.807, 2.05) is 4.98 Å². The Hall–Kier alpha value is -1.30. The van der Waals surface area contributed by atoms with Crippen molar-refractivity contribution in [1.29, 1.82) is 0 Å². The molecule has 3 N–H and O–H groups in total. The fraction of sp³-hybridized carbons (Fsp3) is 0.286. The number of pyridine rings is 1. The number of nitrogens with one attached hydrogen (secondary N) is 1. The Labute approximate surface area is 71.4 Å². The van der Waals surface area contributed by atoms with Crippen molar-refractivity contribution in [3.05, 3.63) is 33.5 Å². The van der Waals surface area contributed by atoms with Crippen molar-refractivity contribution in [2.45, 2.75) is 13.0 Å². The number of nitrogens with two attached hydrogens (primary N) is 1. The molecule has 3 nitrogen and oxygen atoms in total. The molecule has 0 aliphatic rings. The van der Waals surface area contributed by atoms with E-state index < -0.39 is 23.4 Å². The summed E-state index contributed by atoms with van der Waals surface area (Å²) in [7, 11) is 0. The molecule has 13 heavy (non-hydrogen) atoms. The summed E-state index contributed by atoms with van der Waals surface area (Å²) in [6.07, 6.45) is -2.14. The first-order chi connectivity index (χ1) is 6.07. The van der Waals surface area contributed by atoms with Crippen molar-refractivity contribution >= 4 is 0 Å². The van der Waals surface area contributed by atoms with Crippen LogP contribution in [0.2, 0.25) is 0 Å². The van der Waals surface area contributed by atoms with Crippen molar-refractivity contribution in [2.75, 3.05) is 0 Å². The van der Waals surface area contributed by atoms with Crippen LogP contribution in [0, 0.1) is 5.82 Å². The third-order valence-corrected chi connectivity index (χ3v) is 1.58. The Kier molecular flexibility index (Phi) is 2.72. The lowest BCUT2D eigenvalue weighted by atomic mass is 10.2. The van der Waals surface area contributed by atoms with Gasteiger partial charge in [-0.25, -0.2) is 13.2 Å². The molecule has 0 spiro atoms. The lowest BCUT2D eigenvalue weighted by Gasteiger charge is -2.03. The van der Waals surface area contributed by atoms with E-state index in [1.54, 1.807) is 0 Å². The average molecular weight is 192 g/mol. The van der Waals surface area contributed by atoms with Crippen LogP contribution in [-0.4, -0.2) is 4.98 Å². The molecule has 0 saturated heterocycles. The van der Waals surface area contributed by atoms with Gasteiger partial charge in [0.25, 0.3) is 12.0 Å². The lowest BCUT2D eigenvalue weighted by molar-refractivity contribution is 0.144. The summed E-state index contributed by atoms with van der Waals surface area (Å²) >= 11 is 0. The summed E-state index contributed by atoms with van der Waals surface area (Å²) in [5.41, 5.74) is 2.66. The summed E-state index contributed by atoms with van der Waals surface area (Å²) < 4.78 is 37.2. The lowest BCUT2D eigenvalue weighted by Crippen LogP contribution is -2.18. The highest BCUT2D eigenvalue weighted by atomic mass is 19.3. The molecule has 1 rings (SSSR count). The Morgan fingerprint density at radius 3 is 2.62 bits per heavy atom. The maximum atomic E-state index is 13.0. The van der Waals surface area contributed by atoms with Crippen molar-refractivity contribution in [3.63, 3.8) is 0 Å². The highest BCUT2D eigenvalue weighted by molar-refractivity contribution is 5.21. The van der Waals surface area contributed by atoms with E-state index in [0.717, 1.165) is 6.20 Å². The minimum Gasteiger partial charge on any atom is -0.328 e. The molecule has 0 bridgehead atoms. The fourth-order valence-electron chi connectivity index (χ4n) is 0.910. The van der Waals surface area contributed by atoms with Gasteiger partial charge in [-0.15, -0.1) is 0 Å². The zero-order chi connectivity index (χ0) is 10.0. The number of H-pyrrole nitrogens is 1. The molecular weight excluding hydrogens is 185 g/mol. The Morgan fingerprint density at radius 2 is 2.15 bits per heavy atom. The first-order valence-electron chi connectivity index (χ1n) is 3.46. The number of rotatable bonds is 2. The van der Waals surface area contributed by atoms with Crippen molar-refractivity contribution in [3.8, 4) is 0 Å². The third-order valence-electron chi connectivity index (χ3n) is 1.58. The molecule has 0 aromatic carbocycles. The van der Waals surface area contributed by atoms with Crippen LogP contribution in [0.3, 0.4) is 0 Å². The van der Waals surface area contributed by atoms with Gasteiger partial charge in [0.2, 0.25) is 0 Å². The number of alkyl halides is 2. The first-order valence-corrected chi connectivity index (χ1v) is 3.46. The predicted octanol–water partition coefficient (Wildman–Crippen LogP) is 0.910. The molecule has 0 atom stereocenters. The van der Waals surface area contributed by atoms with Gasteiger partial charge < -0.3 is 10.7 Å². The highest BCUT2D eigenvalue weighted by Gasteiger charge is 2.20. The fourth-order valence-corrected chi connectivity index (χ4v) is 0.910. The number of hydrogen-bond acceptors (Lipinski definition) is 2. The molecular formula is C7H7F3N2O. The highest BCUT2D eigenvalue weighted by Crippen LogP contribution is 2.19. The summed E-state index contributed by atoms with van der Waals surface area (Å²) in [5, 5.41) is 0. The van der Waals surface area contributed by atoms with Crippen LogP contribution in [0.25, 0.3) is 0 Å². The quantitative estimate of drug-likeness (QED) is 0.731. The van der Waals surface area contributed by atoms with Gasteiger partial charge in [0.15, 0.2) is 0 Å². The topological polar surface area (TPSA) is 58.9 Å². The Morgan fingerprint density at radius 1 is 1.54 bits per heavy atom. The average Bonchev–Trinajstić information content (AvgIpc) is 2.04. The largest absolute Gasteiger partial charge is 0.328 e. The molecule has 0 amide bonds. The molecule has 1 aromatic heterocycles. The SMILES string of the molecule is NCc1c[nH]c(=O)c(C(F)F)c1F. The molecule has 0 aliphatic heterocycles. The van der Waals surface area contributed by atoms with Gasteiger partial charge in [-0.3, -0.25) is 4.79 Å². The van der Waals surface area contributed by atoms with Crippen molar-refractivity contribution < 1.29 is 13.2 Å². The van der Waals surface area contributed by atoms with E-state index in [4.69, 9.17) is 5.73 Å². The molecule has 0 aliphatic carbocycles. The monoisotopic (exact) mass is 192 g/mol. The van der Waals surface area contributed by atoms with Gasteiger partial charge in [-0.2, -0.15) is 0 Å². The van der Waals surface area contributed by atoms with Gasteiger partial charge in [0.05, 0.1) is 0 Å². The van der Waals surface area contributed by atoms with Crippen LogP contribution in [0.4, 0.5) is 13.2 Å². The van der Waals surface area contributed by atoms with Gasteiger partial charge in [0, 0.05) is 18.3 Å². The Bertz CT molecular complexity index is 361. The van der Waals surface area contributed by atoms with E-state index in [1.165, 1.54) is 0 Å². The maximum Gasteiger partial charge on any atom is 0.272 e. The molecule has 0 saturated carbocycles. The number of aromatic nitrogens is 1. The van der Waals surface area contributed by atoms with E-state index in [-0.39, 0.29) is 12.1 Å². The molecule has 0 unspecified atom stereocenters. The van der Waals surface area contributed by atoms with Gasteiger partial charge in [-0.1, -0.05) is 0 Å². The zero-order valence-electron chi connectivity index (χ0n) is 6.48. The zero-order valence-corrected chi connectivity index (χ0v) is 6.48. The van der Waals surface area contributed by atoms with Crippen LogP contribution in [-0.2, 0) is 6.54 Å². The number of halogens is 3. The van der Waals surface area contributed by atoms with Crippen LogP contribution < -0.4 is 11.3 Å². The second kappa shape index (κ2) is 3.61. The second-order valence-corrected chi connectivity index (χ2v) is 2.38. The van der Waals surface area contributed by atoms with Gasteiger partial charge in [-0.05, 0) is 0 Å². The van der Waals surface area contributed by atoms with Crippen LogP contribution in [0.5, 0.6) is 0 Å².